The number of hydrogen-bond donors (Lipinski definition) is 1. The van der Waals surface area contributed by atoms with Crippen molar-refractivity contribution in [1.29, 1.82) is 0 Å². The summed E-state index contributed by atoms with van der Waals surface area (Å²) in [4.78, 5) is 2.13. The van der Waals surface area contributed by atoms with Crippen LogP contribution in [0.3, 0.4) is 0 Å². The molecule has 0 aromatic carbocycles. The van der Waals surface area contributed by atoms with Gasteiger partial charge in [0.05, 0.1) is 6.04 Å². The Hall–Kier alpha value is -0.290. The fourth-order valence-electron chi connectivity index (χ4n) is 1.98. The number of nitrogens with one attached hydrogen (secondary N) is 1. The van der Waals surface area contributed by atoms with Crippen LogP contribution < -0.4 is 5.32 Å². The molecule has 100 valence electrons. The number of rotatable bonds is 3. The zero-order valence-corrected chi connectivity index (χ0v) is 11.5. The van der Waals surface area contributed by atoms with Gasteiger partial charge in [-0.15, -0.1) is 24.8 Å². The minimum atomic E-state index is -0.382. The summed E-state index contributed by atoms with van der Waals surface area (Å²) in [7, 11) is 0. The molecule has 1 saturated heterocycles. The maximum Gasteiger partial charge on any atom is 0.123 e. The average molecular weight is 285 g/mol. The first kappa shape index (κ1) is 16.7. The molecule has 1 N–H and O–H groups in total. The smallest absolute Gasteiger partial charge is 0.123 e. The second-order valence-electron chi connectivity index (χ2n) is 3.90. The average Bonchev–Trinajstić information content (AvgIpc) is 2.68. The van der Waals surface area contributed by atoms with Crippen molar-refractivity contribution in [2.75, 3.05) is 32.9 Å². The van der Waals surface area contributed by atoms with Gasteiger partial charge in [0.25, 0.3) is 0 Å². The molecule has 1 aliphatic heterocycles. The molecule has 0 amide bonds. The van der Waals surface area contributed by atoms with Crippen molar-refractivity contribution < 1.29 is 8.81 Å². The highest BCUT2D eigenvalue weighted by Gasteiger charge is 2.24. The van der Waals surface area contributed by atoms with Crippen molar-refractivity contribution in [2.45, 2.75) is 13.0 Å². The molecular formula is C11H19Cl2FN2O. The van der Waals surface area contributed by atoms with E-state index in [1.807, 2.05) is 19.1 Å². The van der Waals surface area contributed by atoms with Crippen LogP contribution in [0.4, 0.5) is 4.39 Å². The Labute approximate surface area is 114 Å². The Balaban J connectivity index is 0.00000128. The summed E-state index contributed by atoms with van der Waals surface area (Å²) in [5, 5.41) is 3.26. The number of hydrogen-bond acceptors (Lipinski definition) is 3. The van der Waals surface area contributed by atoms with Crippen LogP contribution >= 0.6 is 24.8 Å². The van der Waals surface area contributed by atoms with E-state index in [4.69, 9.17) is 4.42 Å². The minimum absolute atomic E-state index is 0. The predicted octanol–water partition coefficient (Wildman–Crippen LogP) is 2.35. The monoisotopic (exact) mass is 284 g/mol. The molecule has 0 unspecified atom stereocenters. The van der Waals surface area contributed by atoms with Gasteiger partial charge in [0.1, 0.15) is 18.2 Å². The van der Waals surface area contributed by atoms with E-state index in [-0.39, 0.29) is 37.5 Å². The Morgan fingerprint density at radius 3 is 2.47 bits per heavy atom. The summed E-state index contributed by atoms with van der Waals surface area (Å²) >= 11 is 0. The lowest BCUT2D eigenvalue weighted by atomic mass is 10.2. The number of halogens is 3. The highest BCUT2D eigenvalue weighted by molar-refractivity contribution is 5.85. The van der Waals surface area contributed by atoms with Crippen molar-refractivity contribution in [3.05, 3.63) is 23.7 Å². The van der Waals surface area contributed by atoms with Crippen molar-refractivity contribution in [3.8, 4) is 0 Å². The van der Waals surface area contributed by atoms with Crippen LogP contribution in [0, 0.1) is 6.92 Å². The first-order valence-electron chi connectivity index (χ1n) is 5.38. The second-order valence-corrected chi connectivity index (χ2v) is 3.90. The molecule has 0 bridgehead atoms. The van der Waals surface area contributed by atoms with Gasteiger partial charge in [-0.3, -0.25) is 4.90 Å². The summed E-state index contributed by atoms with van der Waals surface area (Å²) in [6, 6.07) is 3.56. The molecule has 2 heterocycles. The Morgan fingerprint density at radius 1 is 1.35 bits per heavy atom. The third kappa shape index (κ3) is 4.14. The van der Waals surface area contributed by atoms with Gasteiger partial charge in [-0.05, 0) is 19.1 Å². The van der Waals surface area contributed by atoms with Gasteiger partial charge >= 0.3 is 0 Å². The summed E-state index contributed by atoms with van der Waals surface area (Å²) < 4.78 is 18.5. The molecule has 1 aliphatic rings. The molecule has 6 heteroatoms. The van der Waals surface area contributed by atoms with Crippen LogP contribution in [0.25, 0.3) is 0 Å². The SMILES string of the molecule is Cc1ccc([C@H](CF)N2CCNCC2)o1.Cl.Cl. The number of nitrogens with zero attached hydrogens (tertiary/aromatic N) is 1. The fraction of sp³-hybridized carbons (Fsp3) is 0.636. The molecule has 1 atom stereocenters. The van der Waals surface area contributed by atoms with Crippen LogP contribution in [-0.4, -0.2) is 37.8 Å². The Kier molecular flexibility index (Phi) is 7.79. The van der Waals surface area contributed by atoms with Gasteiger partial charge in [-0.25, -0.2) is 4.39 Å². The van der Waals surface area contributed by atoms with Crippen LogP contribution in [0.5, 0.6) is 0 Å². The number of furan rings is 1. The van der Waals surface area contributed by atoms with E-state index >= 15 is 0 Å². The molecule has 0 spiro atoms. The quantitative estimate of drug-likeness (QED) is 0.924. The highest BCUT2D eigenvalue weighted by Crippen LogP contribution is 2.23. The summed E-state index contributed by atoms with van der Waals surface area (Å²) in [5.74, 6) is 1.59. The number of piperazine rings is 1. The van der Waals surface area contributed by atoms with E-state index < -0.39 is 0 Å². The van der Waals surface area contributed by atoms with Gasteiger partial charge in [0, 0.05) is 26.2 Å². The molecule has 0 saturated carbocycles. The first-order chi connectivity index (χ1) is 7.31. The van der Waals surface area contributed by atoms with E-state index in [0.717, 1.165) is 37.7 Å². The summed E-state index contributed by atoms with van der Waals surface area (Å²) in [5.41, 5.74) is 0. The van der Waals surface area contributed by atoms with Crippen LogP contribution in [0.1, 0.15) is 17.6 Å². The second kappa shape index (κ2) is 7.93. The van der Waals surface area contributed by atoms with Gasteiger partial charge in [-0.2, -0.15) is 0 Å². The van der Waals surface area contributed by atoms with E-state index in [2.05, 4.69) is 10.2 Å². The molecule has 1 aromatic rings. The van der Waals surface area contributed by atoms with Gasteiger partial charge in [0.15, 0.2) is 0 Å². The van der Waals surface area contributed by atoms with Crippen LogP contribution in [0.2, 0.25) is 0 Å². The Bertz CT molecular complexity index is 316. The lowest BCUT2D eigenvalue weighted by Gasteiger charge is -2.32. The van der Waals surface area contributed by atoms with Crippen LogP contribution in [0.15, 0.2) is 16.5 Å². The maximum absolute atomic E-state index is 13.0. The minimum Gasteiger partial charge on any atom is -0.465 e. The van der Waals surface area contributed by atoms with E-state index in [0.29, 0.717) is 0 Å². The zero-order chi connectivity index (χ0) is 10.7. The summed E-state index contributed by atoms with van der Waals surface area (Å²) in [6.45, 7) is 5.12. The molecule has 1 aromatic heterocycles. The van der Waals surface area contributed by atoms with E-state index in [9.17, 15) is 4.39 Å². The van der Waals surface area contributed by atoms with Gasteiger partial charge in [-0.1, -0.05) is 0 Å². The maximum atomic E-state index is 13.0. The highest BCUT2D eigenvalue weighted by atomic mass is 35.5. The molecule has 0 aliphatic carbocycles. The lowest BCUT2D eigenvalue weighted by molar-refractivity contribution is 0.129. The van der Waals surface area contributed by atoms with E-state index in [1.165, 1.54) is 0 Å². The fourth-order valence-corrected chi connectivity index (χ4v) is 1.98. The third-order valence-electron chi connectivity index (χ3n) is 2.83. The molecule has 0 radical (unpaired) electrons. The van der Waals surface area contributed by atoms with Gasteiger partial charge in [0.2, 0.25) is 0 Å². The normalized spacial score (nSPS) is 18.0. The largest absolute Gasteiger partial charge is 0.465 e. The summed E-state index contributed by atoms with van der Waals surface area (Å²) in [6.07, 6.45) is 0. The molecule has 3 nitrogen and oxygen atoms in total. The number of alkyl halides is 1. The molecular weight excluding hydrogens is 266 g/mol. The standard InChI is InChI=1S/C11H17FN2O.2ClH/c1-9-2-3-11(15-9)10(8-12)14-6-4-13-5-7-14;;/h2-3,10,13H,4-8H2,1H3;2*1H/t10-;;/m0../s1. The van der Waals surface area contributed by atoms with Crippen molar-refractivity contribution in [3.63, 3.8) is 0 Å². The molecule has 1 fully saturated rings. The van der Waals surface area contributed by atoms with Crippen molar-refractivity contribution in [1.82, 2.24) is 10.2 Å². The third-order valence-corrected chi connectivity index (χ3v) is 2.83. The van der Waals surface area contributed by atoms with E-state index in [1.54, 1.807) is 0 Å². The van der Waals surface area contributed by atoms with Crippen LogP contribution in [-0.2, 0) is 0 Å². The molecule has 17 heavy (non-hydrogen) atoms. The van der Waals surface area contributed by atoms with Crippen molar-refractivity contribution in [2.24, 2.45) is 0 Å². The first-order valence-corrected chi connectivity index (χ1v) is 5.38. The Morgan fingerprint density at radius 2 is 2.00 bits per heavy atom. The lowest BCUT2D eigenvalue weighted by Crippen LogP contribution is -2.45. The van der Waals surface area contributed by atoms with Gasteiger partial charge < -0.3 is 9.73 Å². The molecule has 2 rings (SSSR count). The van der Waals surface area contributed by atoms with Crippen molar-refractivity contribution >= 4 is 24.8 Å². The predicted molar refractivity (Wildman–Crippen MR) is 71.1 cm³/mol. The topological polar surface area (TPSA) is 28.4 Å². The number of aryl methyl sites for hydroxylation is 1. The zero-order valence-electron chi connectivity index (χ0n) is 9.82.